The molecule has 0 aliphatic carbocycles. The van der Waals surface area contributed by atoms with Gasteiger partial charge in [0.15, 0.2) is 0 Å². The molecule has 24 heavy (non-hydrogen) atoms. The molecule has 0 fully saturated rings. The van der Waals surface area contributed by atoms with E-state index in [9.17, 15) is 12.8 Å². The third-order valence-corrected chi connectivity index (χ3v) is 5.09. The number of hydrogen-bond donors (Lipinski definition) is 1. The maximum Gasteiger partial charge on any atom is 0.240 e. The van der Waals surface area contributed by atoms with Gasteiger partial charge >= 0.3 is 0 Å². The summed E-state index contributed by atoms with van der Waals surface area (Å²) in [4.78, 5) is -0.118. The Morgan fingerprint density at radius 1 is 1.33 bits per heavy atom. The lowest BCUT2D eigenvalue weighted by atomic mass is 10.2. The second-order valence-electron chi connectivity index (χ2n) is 4.95. The molecule has 1 unspecified atom stereocenters. The second kappa shape index (κ2) is 6.76. The highest BCUT2D eigenvalue weighted by Crippen LogP contribution is 2.21. The molecule has 9 heteroatoms. The average molecular weight is 370 g/mol. The first-order chi connectivity index (χ1) is 11.5. The van der Waals surface area contributed by atoms with Crippen LogP contribution in [0.1, 0.15) is 11.8 Å². The van der Waals surface area contributed by atoms with Gasteiger partial charge in [-0.1, -0.05) is 11.6 Å². The normalized spacial score (nSPS) is 13.1. The number of hydrogen-bond acceptors (Lipinski definition) is 4. The molecule has 0 spiro atoms. The molecule has 2 heterocycles. The van der Waals surface area contributed by atoms with Crippen LogP contribution in [0.3, 0.4) is 0 Å². The van der Waals surface area contributed by atoms with Crippen LogP contribution in [0.15, 0.2) is 64.4 Å². The van der Waals surface area contributed by atoms with Gasteiger partial charge in [0.1, 0.15) is 17.6 Å². The van der Waals surface area contributed by atoms with Crippen LogP contribution in [-0.2, 0) is 10.0 Å². The summed E-state index contributed by atoms with van der Waals surface area (Å²) in [7, 11) is -3.86. The van der Waals surface area contributed by atoms with Gasteiger partial charge in [0.2, 0.25) is 10.0 Å². The second-order valence-corrected chi connectivity index (χ2v) is 7.12. The topological polar surface area (TPSA) is 77.1 Å². The van der Waals surface area contributed by atoms with E-state index in [0.29, 0.717) is 5.76 Å². The minimum atomic E-state index is -3.86. The van der Waals surface area contributed by atoms with E-state index >= 15 is 0 Å². The first-order valence-corrected chi connectivity index (χ1v) is 8.81. The zero-order chi connectivity index (χ0) is 17.2. The molecule has 6 nitrogen and oxygen atoms in total. The van der Waals surface area contributed by atoms with Gasteiger partial charge in [0.05, 0.1) is 16.2 Å². The van der Waals surface area contributed by atoms with Crippen molar-refractivity contribution in [2.75, 3.05) is 6.54 Å². The molecule has 0 radical (unpaired) electrons. The van der Waals surface area contributed by atoms with E-state index in [1.807, 2.05) is 0 Å². The lowest BCUT2D eigenvalue weighted by molar-refractivity contribution is 0.402. The van der Waals surface area contributed by atoms with E-state index in [1.54, 1.807) is 35.3 Å². The molecule has 1 aromatic carbocycles. The summed E-state index contributed by atoms with van der Waals surface area (Å²) >= 11 is 5.65. The maximum atomic E-state index is 13.2. The van der Waals surface area contributed by atoms with E-state index in [-0.39, 0.29) is 16.5 Å². The Morgan fingerprint density at radius 3 is 2.79 bits per heavy atom. The van der Waals surface area contributed by atoms with Crippen molar-refractivity contribution in [3.05, 3.63) is 71.7 Å². The summed E-state index contributed by atoms with van der Waals surface area (Å²) in [5.74, 6) is -0.126. The summed E-state index contributed by atoms with van der Waals surface area (Å²) in [5, 5.41) is 3.87. The maximum absolute atomic E-state index is 13.2. The van der Waals surface area contributed by atoms with E-state index < -0.39 is 21.9 Å². The van der Waals surface area contributed by atoms with Gasteiger partial charge in [-0.15, -0.1) is 0 Å². The lowest BCUT2D eigenvalue weighted by Gasteiger charge is -2.16. The van der Waals surface area contributed by atoms with E-state index in [4.69, 9.17) is 16.0 Å². The van der Waals surface area contributed by atoms with Crippen LogP contribution in [0, 0.1) is 5.82 Å². The number of nitrogens with one attached hydrogen (secondary N) is 1. The number of rotatable bonds is 6. The monoisotopic (exact) mass is 369 g/mol. The Balaban J connectivity index is 1.82. The lowest BCUT2D eigenvalue weighted by Crippen LogP contribution is -2.31. The summed E-state index contributed by atoms with van der Waals surface area (Å²) in [6.07, 6.45) is 4.79. The molecular formula is C15H13ClFN3O3S. The Kier molecular flexibility index (Phi) is 4.70. The van der Waals surface area contributed by atoms with Gasteiger partial charge in [-0.25, -0.2) is 17.5 Å². The van der Waals surface area contributed by atoms with E-state index in [0.717, 1.165) is 18.2 Å². The molecule has 0 saturated heterocycles. The van der Waals surface area contributed by atoms with Crippen molar-refractivity contribution in [1.82, 2.24) is 14.5 Å². The van der Waals surface area contributed by atoms with Crippen molar-refractivity contribution in [3.63, 3.8) is 0 Å². The highest BCUT2D eigenvalue weighted by molar-refractivity contribution is 7.89. The van der Waals surface area contributed by atoms with Gasteiger partial charge in [0.25, 0.3) is 0 Å². The Hall–Kier alpha value is -2.16. The SMILES string of the molecule is O=S(=O)(NCC(c1ccco1)n1cccn1)c1ccc(F)c(Cl)c1. The van der Waals surface area contributed by atoms with Crippen LogP contribution in [-0.4, -0.2) is 24.7 Å². The first kappa shape index (κ1) is 16.7. The Bertz CT molecular complexity index is 877. The third kappa shape index (κ3) is 3.50. The minimum Gasteiger partial charge on any atom is -0.467 e. The van der Waals surface area contributed by atoms with Gasteiger partial charge in [-0.2, -0.15) is 5.10 Å². The van der Waals surface area contributed by atoms with E-state index in [1.165, 1.54) is 6.26 Å². The highest BCUT2D eigenvalue weighted by atomic mass is 35.5. The minimum absolute atomic E-state index is 0.00647. The van der Waals surface area contributed by atoms with Crippen molar-refractivity contribution >= 4 is 21.6 Å². The molecule has 1 N–H and O–H groups in total. The van der Waals surface area contributed by atoms with Gasteiger partial charge < -0.3 is 4.42 Å². The highest BCUT2D eigenvalue weighted by Gasteiger charge is 2.22. The zero-order valence-corrected chi connectivity index (χ0v) is 13.8. The van der Waals surface area contributed by atoms with Crippen molar-refractivity contribution < 1.29 is 17.2 Å². The molecule has 0 amide bonds. The predicted octanol–water partition coefficient (Wildman–Crippen LogP) is 2.84. The molecule has 0 bridgehead atoms. The average Bonchev–Trinajstić information content (AvgIpc) is 3.24. The fourth-order valence-corrected chi connectivity index (χ4v) is 3.50. The summed E-state index contributed by atoms with van der Waals surface area (Å²) < 4.78 is 47.4. The standard InChI is InChI=1S/C15H13ClFN3O3S/c16-12-9-11(4-5-13(12)17)24(21,22)19-10-14(15-3-1-8-23-15)20-7-2-6-18-20/h1-9,14,19H,10H2. The van der Waals surface area contributed by atoms with Crippen LogP contribution >= 0.6 is 11.6 Å². The molecular weight excluding hydrogens is 357 g/mol. The smallest absolute Gasteiger partial charge is 0.240 e. The molecule has 1 atom stereocenters. The summed E-state index contributed by atoms with van der Waals surface area (Å²) in [6.45, 7) is 0.00647. The molecule has 3 aromatic rings. The fourth-order valence-electron chi connectivity index (χ4n) is 2.19. The quantitative estimate of drug-likeness (QED) is 0.724. The van der Waals surface area contributed by atoms with Crippen molar-refractivity contribution in [2.45, 2.75) is 10.9 Å². The zero-order valence-electron chi connectivity index (χ0n) is 12.3. The van der Waals surface area contributed by atoms with Crippen LogP contribution in [0.4, 0.5) is 4.39 Å². The Labute approximate surface area is 142 Å². The number of sulfonamides is 1. The largest absolute Gasteiger partial charge is 0.467 e. The van der Waals surface area contributed by atoms with Crippen LogP contribution < -0.4 is 4.72 Å². The molecule has 0 aliphatic heterocycles. The Morgan fingerprint density at radius 2 is 2.17 bits per heavy atom. The number of nitrogens with zero attached hydrogens (tertiary/aromatic N) is 2. The van der Waals surface area contributed by atoms with Crippen LogP contribution in [0.25, 0.3) is 0 Å². The first-order valence-electron chi connectivity index (χ1n) is 6.94. The molecule has 2 aromatic heterocycles. The number of furan rings is 1. The molecule has 3 rings (SSSR count). The van der Waals surface area contributed by atoms with E-state index in [2.05, 4.69) is 9.82 Å². The van der Waals surface area contributed by atoms with Gasteiger partial charge in [-0.3, -0.25) is 4.68 Å². The van der Waals surface area contributed by atoms with Gasteiger partial charge in [0, 0.05) is 18.9 Å². The third-order valence-electron chi connectivity index (χ3n) is 3.38. The van der Waals surface area contributed by atoms with Crippen molar-refractivity contribution in [2.24, 2.45) is 0 Å². The number of aromatic nitrogens is 2. The molecule has 126 valence electrons. The molecule has 0 saturated carbocycles. The van der Waals surface area contributed by atoms with Crippen molar-refractivity contribution in [3.8, 4) is 0 Å². The predicted molar refractivity (Wildman–Crippen MR) is 85.7 cm³/mol. The fraction of sp³-hybridized carbons (Fsp3) is 0.133. The van der Waals surface area contributed by atoms with Crippen LogP contribution in [0.2, 0.25) is 5.02 Å². The van der Waals surface area contributed by atoms with Crippen molar-refractivity contribution in [1.29, 1.82) is 0 Å². The number of benzene rings is 1. The summed E-state index contributed by atoms with van der Waals surface area (Å²) in [5.41, 5.74) is 0. The summed E-state index contributed by atoms with van der Waals surface area (Å²) in [6, 6.07) is 7.93. The van der Waals surface area contributed by atoms with Crippen LogP contribution in [0.5, 0.6) is 0 Å². The molecule has 0 aliphatic rings. The van der Waals surface area contributed by atoms with Gasteiger partial charge in [-0.05, 0) is 36.4 Å². The number of halogens is 2.